The number of benzene rings is 1. The van der Waals surface area contributed by atoms with Crippen molar-refractivity contribution in [3.8, 4) is 5.75 Å². The maximum atomic E-state index is 10.4. The van der Waals surface area contributed by atoms with Crippen molar-refractivity contribution in [2.45, 2.75) is 26.8 Å². The van der Waals surface area contributed by atoms with Crippen LogP contribution in [0.3, 0.4) is 0 Å². The molecule has 80 valence electrons. The Bertz CT molecular complexity index is 370. The summed E-state index contributed by atoms with van der Waals surface area (Å²) in [6.45, 7) is 6.02. The maximum absolute atomic E-state index is 10.4. The Morgan fingerprint density at radius 1 is 1.27 bits per heavy atom. The van der Waals surface area contributed by atoms with Crippen molar-refractivity contribution in [2.24, 2.45) is 10.4 Å². The molecule has 1 rings (SSSR count). The van der Waals surface area contributed by atoms with Crippen molar-refractivity contribution in [2.75, 3.05) is 0 Å². The molecule has 1 aromatic carbocycles. The van der Waals surface area contributed by atoms with Crippen LogP contribution in [0.25, 0.3) is 0 Å². The highest BCUT2D eigenvalue weighted by atomic mass is 16.3. The second kappa shape index (κ2) is 4.28. The van der Waals surface area contributed by atoms with Gasteiger partial charge in [0.05, 0.1) is 6.04 Å². The zero-order valence-electron chi connectivity index (χ0n) is 9.19. The number of aliphatic imine (C=N–C) groups is 1. The standard InChI is InChI=1S/C12H15NO2/c1-12(2,3)11(13-8-14)9-4-6-10(15)7-5-9/h4-7,11,15H,1-3H3. The van der Waals surface area contributed by atoms with Gasteiger partial charge in [-0.05, 0) is 23.1 Å². The molecular formula is C12H15NO2. The van der Waals surface area contributed by atoms with Gasteiger partial charge in [-0.3, -0.25) is 0 Å². The topological polar surface area (TPSA) is 49.7 Å². The lowest BCUT2D eigenvalue weighted by Gasteiger charge is -2.26. The van der Waals surface area contributed by atoms with E-state index >= 15 is 0 Å². The van der Waals surface area contributed by atoms with Crippen LogP contribution in [-0.4, -0.2) is 11.2 Å². The van der Waals surface area contributed by atoms with Crippen LogP contribution < -0.4 is 0 Å². The van der Waals surface area contributed by atoms with Crippen molar-refractivity contribution in [3.63, 3.8) is 0 Å². The molecule has 0 heterocycles. The van der Waals surface area contributed by atoms with Gasteiger partial charge in [-0.2, -0.15) is 4.99 Å². The number of phenols is 1. The average Bonchev–Trinajstić information content (AvgIpc) is 2.14. The first kappa shape index (κ1) is 11.5. The number of nitrogens with zero attached hydrogens (tertiary/aromatic N) is 1. The molecule has 1 unspecified atom stereocenters. The van der Waals surface area contributed by atoms with E-state index in [1.165, 1.54) is 0 Å². The summed E-state index contributed by atoms with van der Waals surface area (Å²) in [5, 5.41) is 9.16. The van der Waals surface area contributed by atoms with Crippen LogP contribution in [0.5, 0.6) is 5.75 Å². The summed E-state index contributed by atoms with van der Waals surface area (Å²) in [4.78, 5) is 14.2. The number of isocyanates is 1. The van der Waals surface area contributed by atoms with Crippen LogP contribution in [0.15, 0.2) is 29.3 Å². The quantitative estimate of drug-likeness (QED) is 0.596. The van der Waals surface area contributed by atoms with Crippen molar-refractivity contribution < 1.29 is 9.90 Å². The van der Waals surface area contributed by atoms with E-state index in [1.54, 1.807) is 30.3 Å². The SMILES string of the molecule is CC(C)(C)C(N=C=O)c1ccc(O)cc1. The van der Waals surface area contributed by atoms with E-state index in [0.717, 1.165) is 5.56 Å². The van der Waals surface area contributed by atoms with Crippen LogP contribution in [-0.2, 0) is 4.79 Å². The monoisotopic (exact) mass is 205 g/mol. The third-order valence-electron chi connectivity index (χ3n) is 2.21. The molecule has 0 aliphatic rings. The number of phenolic OH excluding ortho intramolecular Hbond substituents is 1. The Balaban J connectivity index is 3.10. The molecule has 1 aromatic rings. The predicted octanol–water partition coefficient (Wildman–Crippen LogP) is 2.82. The van der Waals surface area contributed by atoms with E-state index in [1.807, 2.05) is 20.8 Å². The molecule has 3 nitrogen and oxygen atoms in total. The first-order chi connectivity index (χ1) is 6.95. The Labute approximate surface area is 89.5 Å². The van der Waals surface area contributed by atoms with E-state index in [9.17, 15) is 4.79 Å². The fraction of sp³-hybridized carbons (Fsp3) is 0.417. The van der Waals surface area contributed by atoms with Gasteiger partial charge in [-0.25, -0.2) is 4.79 Å². The second-order valence-corrected chi connectivity index (χ2v) is 4.58. The lowest BCUT2D eigenvalue weighted by atomic mass is 9.83. The molecule has 0 fully saturated rings. The Kier molecular flexibility index (Phi) is 3.28. The lowest BCUT2D eigenvalue weighted by molar-refractivity contribution is 0.327. The fourth-order valence-corrected chi connectivity index (χ4v) is 1.48. The molecular weight excluding hydrogens is 190 g/mol. The van der Waals surface area contributed by atoms with Gasteiger partial charge in [0.2, 0.25) is 6.08 Å². The lowest BCUT2D eigenvalue weighted by Crippen LogP contribution is -2.16. The molecule has 0 saturated carbocycles. The highest BCUT2D eigenvalue weighted by Gasteiger charge is 2.25. The number of aromatic hydroxyl groups is 1. The van der Waals surface area contributed by atoms with Crippen molar-refractivity contribution in [1.82, 2.24) is 0 Å². The first-order valence-electron chi connectivity index (χ1n) is 4.81. The smallest absolute Gasteiger partial charge is 0.235 e. The van der Waals surface area contributed by atoms with Gasteiger partial charge >= 0.3 is 0 Å². The zero-order chi connectivity index (χ0) is 11.5. The highest BCUT2D eigenvalue weighted by Crippen LogP contribution is 2.36. The summed E-state index contributed by atoms with van der Waals surface area (Å²) in [5.41, 5.74) is 0.762. The van der Waals surface area contributed by atoms with Crippen LogP contribution in [0, 0.1) is 5.41 Å². The molecule has 15 heavy (non-hydrogen) atoms. The fourth-order valence-electron chi connectivity index (χ4n) is 1.48. The van der Waals surface area contributed by atoms with Gasteiger partial charge in [0.1, 0.15) is 5.75 Å². The summed E-state index contributed by atoms with van der Waals surface area (Å²) in [5.74, 6) is 0.210. The number of rotatable bonds is 2. The number of hydrogen-bond donors (Lipinski definition) is 1. The molecule has 0 aliphatic heterocycles. The van der Waals surface area contributed by atoms with Crippen LogP contribution in [0.4, 0.5) is 0 Å². The minimum absolute atomic E-state index is 0.144. The minimum atomic E-state index is -0.226. The first-order valence-corrected chi connectivity index (χ1v) is 4.81. The third-order valence-corrected chi connectivity index (χ3v) is 2.21. The maximum Gasteiger partial charge on any atom is 0.235 e. The van der Waals surface area contributed by atoms with Gasteiger partial charge < -0.3 is 5.11 Å². The van der Waals surface area contributed by atoms with E-state index < -0.39 is 0 Å². The van der Waals surface area contributed by atoms with Crippen molar-refractivity contribution in [1.29, 1.82) is 0 Å². The van der Waals surface area contributed by atoms with E-state index in [-0.39, 0.29) is 17.2 Å². The summed E-state index contributed by atoms with van der Waals surface area (Å²) in [7, 11) is 0. The summed E-state index contributed by atoms with van der Waals surface area (Å²) >= 11 is 0. The van der Waals surface area contributed by atoms with E-state index in [4.69, 9.17) is 5.11 Å². The second-order valence-electron chi connectivity index (χ2n) is 4.58. The van der Waals surface area contributed by atoms with E-state index in [0.29, 0.717) is 0 Å². The minimum Gasteiger partial charge on any atom is -0.508 e. The molecule has 0 aliphatic carbocycles. The van der Waals surface area contributed by atoms with Crippen LogP contribution >= 0.6 is 0 Å². The normalized spacial score (nSPS) is 13.0. The molecule has 0 bridgehead atoms. The van der Waals surface area contributed by atoms with Gasteiger partial charge in [-0.15, -0.1) is 0 Å². The van der Waals surface area contributed by atoms with Crippen molar-refractivity contribution in [3.05, 3.63) is 29.8 Å². The van der Waals surface area contributed by atoms with Crippen LogP contribution in [0.1, 0.15) is 32.4 Å². The molecule has 0 radical (unpaired) electrons. The van der Waals surface area contributed by atoms with Gasteiger partial charge in [0.15, 0.2) is 0 Å². The van der Waals surface area contributed by atoms with Gasteiger partial charge in [0.25, 0.3) is 0 Å². The Morgan fingerprint density at radius 2 is 1.80 bits per heavy atom. The van der Waals surface area contributed by atoms with Crippen LogP contribution in [0.2, 0.25) is 0 Å². The molecule has 0 aromatic heterocycles. The Hall–Kier alpha value is -1.60. The molecule has 3 heteroatoms. The predicted molar refractivity (Wildman–Crippen MR) is 58.4 cm³/mol. The molecule has 0 amide bonds. The third kappa shape index (κ3) is 2.93. The molecule has 0 spiro atoms. The summed E-state index contributed by atoms with van der Waals surface area (Å²) in [6.07, 6.45) is 1.60. The zero-order valence-corrected chi connectivity index (χ0v) is 9.19. The molecule has 1 atom stereocenters. The average molecular weight is 205 g/mol. The largest absolute Gasteiger partial charge is 0.508 e. The van der Waals surface area contributed by atoms with Gasteiger partial charge in [0, 0.05) is 0 Å². The number of carbonyl (C=O) groups excluding carboxylic acids is 1. The van der Waals surface area contributed by atoms with E-state index in [2.05, 4.69) is 4.99 Å². The summed E-state index contributed by atoms with van der Waals surface area (Å²) < 4.78 is 0. The van der Waals surface area contributed by atoms with Crippen molar-refractivity contribution >= 4 is 6.08 Å². The Morgan fingerprint density at radius 3 is 2.20 bits per heavy atom. The molecule has 1 N–H and O–H groups in total. The molecule has 0 saturated heterocycles. The highest BCUT2D eigenvalue weighted by molar-refractivity contribution is 5.37. The van der Waals surface area contributed by atoms with Gasteiger partial charge in [-0.1, -0.05) is 32.9 Å². The number of hydrogen-bond acceptors (Lipinski definition) is 3. The summed E-state index contributed by atoms with van der Waals surface area (Å²) in [6, 6.07) is 6.50.